The van der Waals surface area contributed by atoms with Gasteiger partial charge in [0.15, 0.2) is 0 Å². The maximum absolute atomic E-state index is 9.84. The largest absolute Gasteiger partial charge is 0.299 e. The van der Waals surface area contributed by atoms with Crippen molar-refractivity contribution in [2.45, 2.75) is 26.2 Å². The van der Waals surface area contributed by atoms with Gasteiger partial charge in [0.2, 0.25) is 0 Å². The summed E-state index contributed by atoms with van der Waals surface area (Å²) in [6, 6.07) is 0. The Bertz CT molecular complexity index is 175. The normalized spacial score (nSPS) is 12.1. The van der Waals surface area contributed by atoms with Crippen LogP contribution in [0.3, 0.4) is 0 Å². The van der Waals surface area contributed by atoms with Crippen molar-refractivity contribution in [3.05, 3.63) is 36.5 Å². The van der Waals surface area contributed by atoms with Crippen LogP contribution < -0.4 is 0 Å². The highest BCUT2D eigenvalue weighted by molar-refractivity contribution is 5.65. The Morgan fingerprint density at radius 1 is 1.00 bits per heavy atom. The molecule has 0 spiro atoms. The summed E-state index contributed by atoms with van der Waals surface area (Å²) >= 11 is 0. The third-order valence-corrected chi connectivity index (χ3v) is 1.38. The van der Waals surface area contributed by atoms with Gasteiger partial charge in [-0.05, 0) is 12.5 Å². The van der Waals surface area contributed by atoms with Crippen molar-refractivity contribution in [3.8, 4) is 0 Å². The maximum atomic E-state index is 9.84. The summed E-state index contributed by atoms with van der Waals surface area (Å²) in [6.45, 7) is 2.18. The fourth-order valence-corrected chi connectivity index (χ4v) is 0.735. The van der Waals surface area contributed by atoms with Crippen molar-refractivity contribution in [2.75, 3.05) is 0 Å². The van der Waals surface area contributed by atoms with Crippen molar-refractivity contribution in [3.63, 3.8) is 0 Å². The van der Waals surface area contributed by atoms with E-state index in [1.54, 1.807) is 6.08 Å². The van der Waals surface area contributed by atoms with Gasteiger partial charge in [0.25, 0.3) is 0 Å². The molecule has 0 saturated carbocycles. The maximum Gasteiger partial charge on any atom is 0.142 e. The molecule has 0 aliphatic rings. The molecule has 1 heteroatoms. The third-order valence-electron chi connectivity index (χ3n) is 1.38. The minimum absolute atomic E-state index is 0.769. The number of aldehydes is 1. The van der Waals surface area contributed by atoms with Gasteiger partial charge in [-0.15, -0.1) is 0 Å². The number of hydrogen-bond donors (Lipinski definition) is 0. The molecule has 0 aromatic heterocycles. The smallest absolute Gasteiger partial charge is 0.142 e. The molecule has 0 bridgehead atoms. The number of hydrogen-bond acceptors (Lipinski definition) is 1. The number of carbonyl (C=O) groups is 1. The number of allylic oxidation sites excluding steroid dienone is 6. The van der Waals surface area contributed by atoms with Gasteiger partial charge in [-0.25, -0.2) is 0 Å². The van der Waals surface area contributed by atoms with E-state index in [1.807, 2.05) is 18.2 Å². The monoisotopic (exact) mass is 164 g/mol. The third kappa shape index (κ3) is 8.89. The molecule has 12 heavy (non-hydrogen) atoms. The summed E-state index contributed by atoms with van der Waals surface area (Å²) in [4.78, 5) is 9.84. The summed E-state index contributed by atoms with van der Waals surface area (Å²) in [5.41, 5.74) is 0. The average molecular weight is 164 g/mol. The second-order valence-corrected chi connectivity index (χ2v) is 2.48. The molecule has 0 saturated heterocycles. The van der Waals surface area contributed by atoms with E-state index >= 15 is 0 Å². The van der Waals surface area contributed by atoms with E-state index in [9.17, 15) is 4.79 Å². The molecular formula is C11H16O. The van der Waals surface area contributed by atoms with Crippen LogP contribution >= 0.6 is 0 Å². The molecule has 0 radical (unpaired) electrons. The van der Waals surface area contributed by atoms with E-state index in [0.717, 1.165) is 12.7 Å². The fourth-order valence-electron chi connectivity index (χ4n) is 0.735. The molecule has 66 valence electrons. The molecule has 0 aromatic carbocycles. The molecule has 0 amide bonds. The molecule has 0 N–H and O–H groups in total. The lowest BCUT2D eigenvalue weighted by Crippen LogP contribution is -1.64. The van der Waals surface area contributed by atoms with Gasteiger partial charge >= 0.3 is 0 Å². The minimum Gasteiger partial charge on any atom is -0.299 e. The molecule has 0 rings (SSSR count). The van der Waals surface area contributed by atoms with Gasteiger partial charge in [-0.3, -0.25) is 4.79 Å². The number of rotatable bonds is 6. The Hall–Kier alpha value is -1.11. The van der Waals surface area contributed by atoms with Crippen LogP contribution in [0.5, 0.6) is 0 Å². The van der Waals surface area contributed by atoms with Crippen molar-refractivity contribution in [1.29, 1.82) is 0 Å². The van der Waals surface area contributed by atoms with E-state index in [1.165, 1.54) is 18.9 Å². The van der Waals surface area contributed by atoms with Crippen LogP contribution in [-0.4, -0.2) is 6.29 Å². The van der Waals surface area contributed by atoms with Crippen LogP contribution in [0.2, 0.25) is 0 Å². The van der Waals surface area contributed by atoms with Gasteiger partial charge in [-0.2, -0.15) is 0 Å². The Kier molecular flexibility index (Phi) is 8.98. The van der Waals surface area contributed by atoms with E-state index in [4.69, 9.17) is 0 Å². The summed E-state index contributed by atoms with van der Waals surface area (Å²) in [7, 11) is 0. The first-order valence-corrected chi connectivity index (χ1v) is 4.35. The van der Waals surface area contributed by atoms with Crippen molar-refractivity contribution in [2.24, 2.45) is 0 Å². The van der Waals surface area contributed by atoms with Gasteiger partial charge in [0, 0.05) is 0 Å². The fraction of sp³-hybridized carbons (Fsp3) is 0.364. The zero-order chi connectivity index (χ0) is 9.07. The molecule has 0 aromatic rings. The summed E-state index contributed by atoms with van der Waals surface area (Å²) in [6.07, 6.45) is 15.5. The molecule has 0 aliphatic carbocycles. The zero-order valence-electron chi connectivity index (χ0n) is 7.57. The highest BCUT2D eigenvalue weighted by atomic mass is 16.1. The van der Waals surface area contributed by atoms with E-state index in [-0.39, 0.29) is 0 Å². The topological polar surface area (TPSA) is 17.1 Å². The molecule has 0 unspecified atom stereocenters. The predicted molar refractivity (Wildman–Crippen MR) is 53.0 cm³/mol. The highest BCUT2D eigenvalue weighted by Gasteiger charge is 1.74. The summed E-state index contributed by atoms with van der Waals surface area (Å²) < 4.78 is 0. The molecule has 0 fully saturated rings. The lowest BCUT2D eigenvalue weighted by molar-refractivity contribution is -0.104. The Labute approximate surface area is 74.5 Å². The van der Waals surface area contributed by atoms with E-state index in [0.29, 0.717) is 0 Å². The van der Waals surface area contributed by atoms with Gasteiger partial charge in [0.05, 0.1) is 0 Å². The predicted octanol–water partition coefficient (Wildman–Crippen LogP) is 3.04. The minimum atomic E-state index is 0.769. The quantitative estimate of drug-likeness (QED) is 0.255. The molecule has 0 aliphatic heterocycles. The Balaban J connectivity index is 3.38. The van der Waals surface area contributed by atoms with E-state index in [2.05, 4.69) is 13.0 Å². The first-order chi connectivity index (χ1) is 5.91. The van der Waals surface area contributed by atoms with Gasteiger partial charge in [-0.1, -0.05) is 50.1 Å². The van der Waals surface area contributed by atoms with Crippen LogP contribution in [0.25, 0.3) is 0 Å². The highest BCUT2D eigenvalue weighted by Crippen LogP contribution is 1.94. The van der Waals surface area contributed by atoms with Crippen molar-refractivity contribution in [1.82, 2.24) is 0 Å². The van der Waals surface area contributed by atoms with Crippen molar-refractivity contribution < 1.29 is 4.79 Å². The lowest BCUT2D eigenvalue weighted by Gasteiger charge is -1.84. The zero-order valence-corrected chi connectivity index (χ0v) is 7.57. The van der Waals surface area contributed by atoms with Gasteiger partial charge in [0.1, 0.15) is 6.29 Å². The summed E-state index contributed by atoms with van der Waals surface area (Å²) in [5.74, 6) is 0. The number of unbranched alkanes of at least 4 members (excludes halogenated alkanes) is 2. The summed E-state index contributed by atoms with van der Waals surface area (Å²) in [5, 5.41) is 0. The first-order valence-electron chi connectivity index (χ1n) is 4.35. The standard InChI is InChI=1S/C11H16O/c1-2-3-4-5-6-7-8-9-10-11-12/h5-11H,2-4H2,1H3/b6-5?,8-7?,10-9+. The SMILES string of the molecule is CCCCC=CC=C/C=C/C=O. The molecule has 0 heterocycles. The van der Waals surface area contributed by atoms with Crippen LogP contribution in [-0.2, 0) is 4.79 Å². The second-order valence-electron chi connectivity index (χ2n) is 2.48. The Morgan fingerprint density at radius 2 is 1.67 bits per heavy atom. The molecule has 1 nitrogen and oxygen atoms in total. The van der Waals surface area contributed by atoms with Crippen molar-refractivity contribution >= 4 is 6.29 Å². The van der Waals surface area contributed by atoms with E-state index < -0.39 is 0 Å². The van der Waals surface area contributed by atoms with Crippen LogP contribution in [0.15, 0.2) is 36.5 Å². The molecular weight excluding hydrogens is 148 g/mol. The molecule has 0 atom stereocenters. The van der Waals surface area contributed by atoms with Crippen LogP contribution in [0, 0.1) is 0 Å². The number of carbonyl (C=O) groups excluding carboxylic acids is 1. The first kappa shape index (κ1) is 10.9. The van der Waals surface area contributed by atoms with Gasteiger partial charge < -0.3 is 0 Å². The lowest BCUT2D eigenvalue weighted by atomic mass is 10.2. The van der Waals surface area contributed by atoms with Crippen LogP contribution in [0.1, 0.15) is 26.2 Å². The Morgan fingerprint density at radius 3 is 2.33 bits per heavy atom. The average Bonchev–Trinajstić information content (AvgIpc) is 2.10. The second kappa shape index (κ2) is 9.89. The van der Waals surface area contributed by atoms with Crippen LogP contribution in [0.4, 0.5) is 0 Å².